The van der Waals surface area contributed by atoms with Crippen molar-refractivity contribution >= 4 is 16.7 Å². The van der Waals surface area contributed by atoms with Crippen molar-refractivity contribution in [3.63, 3.8) is 0 Å². The predicted octanol–water partition coefficient (Wildman–Crippen LogP) is 2.16. The Kier molecular flexibility index (Phi) is 1.98. The maximum Gasteiger partial charge on any atom is 0.121 e. The molecule has 0 unspecified atom stereocenters. The minimum atomic E-state index is 0.673. The number of hydrogen-bond acceptors (Lipinski definition) is 2. The Bertz CT molecular complexity index is 671. The molecule has 86 valence electrons. The monoisotopic (exact) mass is 226 g/mol. The van der Waals surface area contributed by atoms with E-state index in [2.05, 4.69) is 40.1 Å². The molecule has 0 bridgehead atoms. The number of rotatable bonds is 1. The number of nitrogens with zero attached hydrogens (tertiary/aromatic N) is 3. The van der Waals surface area contributed by atoms with Crippen LogP contribution >= 0.6 is 0 Å². The summed E-state index contributed by atoms with van der Waals surface area (Å²) in [6.07, 6.45) is 2.06. The second-order valence-electron chi connectivity index (χ2n) is 4.28. The van der Waals surface area contributed by atoms with Crippen molar-refractivity contribution in [2.45, 2.75) is 0 Å². The van der Waals surface area contributed by atoms with Crippen LogP contribution in [0.5, 0.6) is 0 Å². The lowest BCUT2D eigenvalue weighted by Gasteiger charge is -2.00. The number of fused-ring (bicyclic) bond motifs is 1. The summed E-state index contributed by atoms with van der Waals surface area (Å²) in [5.74, 6) is 0.673. The highest BCUT2D eigenvalue weighted by Crippen LogP contribution is 2.24. The average molecular weight is 226 g/mol. The summed E-state index contributed by atoms with van der Waals surface area (Å²) in [5, 5.41) is 5.62. The van der Waals surface area contributed by atoms with Gasteiger partial charge in [0.1, 0.15) is 5.82 Å². The summed E-state index contributed by atoms with van der Waals surface area (Å²) in [7, 11) is 3.89. The van der Waals surface area contributed by atoms with Crippen LogP contribution in [-0.4, -0.2) is 14.3 Å². The fraction of sp³-hybridized carbons (Fsp3) is 0.154. The highest BCUT2D eigenvalue weighted by Gasteiger charge is 2.06. The first-order valence-electron chi connectivity index (χ1n) is 5.50. The second-order valence-corrected chi connectivity index (χ2v) is 4.28. The lowest BCUT2D eigenvalue weighted by molar-refractivity contribution is 0.782. The third-order valence-electron chi connectivity index (χ3n) is 3.10. The van der Waals surface area contributed by atoms with E-state index in [-0.39, 0.29) is 0 Å². The molecule has 2 aromatic heterocycles. The highest BCUT2D eigenvalue weighted by molar-refractivity contribution is 5.85. The van der Waals surface area contributed by atoms with Gasteiger partial charge in [-0.1, -0.05) is 12.1 Å². The van der Waals surface area contributed by atoms with Crippen molar-refractivity contribution < 1.29 is 0 Å². The van der Waals surface area contributed by atoms with Crippen LogP contribution in [-0.2, 0) is 14.1 Å². The van der Waals surface area contributed by atoms with E-state index in [4.69, 9.17) is 5.73 Å². The number of anilines is 1. The molecule has 0 aliphatic rings. The summed E-state index contributed by atoms with van der Waals surface area (Å²) < 4.78 is 3.79. The number of benzene rings is 1. The molecule has 4 heteroatoms. The van der Waals surface area contributed by atoms with Crippen molar-refractivity contribution in [3.05, 3.63) is 36.5 Å². The smallest absolute Gasteiger partial charge is 0.121 e. The van der Waals surface area contributed by atoms with Gasteiger partial charge in [0, 0.05) is 37.4 Å². The Labute approximate surface area is 99.3 Å². The van der Waals surface area contributed by atoms with E-state index in [1.54, 1.807) is 4.68 Å². The quantitative estimate of drug-likeness (QED) is 0.691. The Morgan fingerprint density at radius 1 is 1.12 bits per heavy atom. The van der Waals surface area contributed by atoms with Crippen LogP contribution in [0.15, 0.2) is 36.5 Å². The van der Waals surface area contributed by atoms with Crippen LogP contribution in [0.3, 0.4) is 0 Å². The van der Waals surface area contributed by atoms with Crippen LogP contribution in [0, 0.1) is 0 Å². The van der Waals surface area contributed by atoms with Crippen LogP contribution < -0.4 is 5.73 Å². The molecule has 0 atom stereocenters. The minimum Gasteiger partial charge on any atom is -0.384 e. The number of aryl methyl sites for hydroxylation is 2. The van der Waals surface area contributed by atoms with Gasteiger partial charge >= 0.3 is 0 Å². The Morgan fingerprint density at radius 2 is 1.94 bits per heavy atom. The van der Waals surface area contributed by atoms with E-state index in [1.165, 1.54) is 10.9 Å². The minimum absolute atomic E-state index is 0.673. The lowest BCUT2D eigenvalue weighted by atomic mass is 10.1. The van der Waals surface area contributed by atoms with Crippen molar-refractivity contribution in [2.24, 2.45) is 14.1 Å². The zero-order valence-corrected chi connectivity index (χ0v) is 9.88. The second kappa shape index (κ2) is 3.38. The van der Waals surface area contributed by atoms with Crippen LogP contribution in [0.1, 0.15) is 0 Å². The van der Waals surface area contributed by atoms with Crippen LogP contribution in [0.2, 0.25) is 0 Å². The Hall–Kier alpha value is -2.23. The molecule has 1 aromatic carbocycles. The molecule has 17 heavy (non-hydrogen) atoms. The third-order valence-corrected chi connectivity index (χ3v) is 3.10. The number of nitrogen functional groups attached to an aromatic ring is 1. The van der Waals surface area contributed by atoms with Crippen molar-refractivity contribution in [1.29, 1.82) is 0 Å². The molecule has 0 saturated heterocycles. The lowest BCUT2D eigenvalue weighted by Crippen LogP contribution is -1.96. The average Bonchev–Trinajstić information content (AvgIpc) is 2.84. The van der Waals surface area contributed by atoms with Gasteiger partial charge in [0.2, 0.25) is 0 Å². The largest absolute Gasteiger partial charge is 0.384 e. The Balaban J connectivity index is 2.20. The van der Waals surface area contributed by atoms with E-state index in [0.717, 1.165) is 11.3 Å². The molecule has 4 nitrogen and oxygen atoms in total. The number of hydrogen-bond donors (Lipinski definition) is 1. The Morgan fingerprint density at radius 3 is 2.65 bits per heavy atom. The normalized spacial score (nSPS) is 11.2. The maximum absolute atomic E-state index is 5.80. The van der Waals surface area contributed by atoms with E-state index in [9.17, 15) is 0 Å². The summed E-state index contributed by atoms with van der Waals surface area (Å²) in [5.41, 5.74) is 9.00. The first-order valence-corrected chi connectivity index (χ1v) is 5.50. The third kappa shape index (κ3) is 1.49. The molecule has 0 aliphatic carbocycles. The molecule has 0 spiro atoms. The van der Waals surface area contributed by atoms with Gasteiger partial charge in [-0.25, -0.2) is 0 Å². The first kappa shape index (κ1) is 9.96. The molecule has 0 aliphatic heterocycles. The van der Waals surface area contributed by atoms with Gasteiger partial charge < -0.3 is 10.3 Å². The van der Waals surface area contributed by atoms with Gasteiger partial charge in [-0.3, -0.25) is 4.68 Å². The molecule has 0 fully saturated rings. The maximum atomic E-state index is 5.80. The van der Waals surface area contributed by atoms with Crippen LogP contribution in [0.25, 0.3) is 22.2 Å². The molecule has 3 aromatic rings. The van der Waals surface area contributed by atoms with Crippen LogP contribution in [0.4, 0.5) is 5.82 Å². The predicted molar refractivity (Wildman–Crippen MR) is 69.5 cm³/mol. The highest BCUT2D eigenvalue weighted by atomic mass is 15.3. The van der Waals surface area contributed by atoms with Crippen molar-refractivity contribution in [3.8, 4) is 11.3 Å². The van der Waals surface area contributed by atoms with Gasteiger partial charge in [0.25, 0.3) is 0 Å². The van der Waals surface area contributed by atoms with Gasteiger partial charge in [0.05, 0.1) is 5.69 Å². The molecule has 2 N–H and O–H groups in total. The zero-order chi connectivity index (χ0) is 12.0. The SMILES string of the molecule is Cn1nc(-c2ccc3ccn(C)c3c2)cc1N. The van der Waals surface area contributed by atoms with Gasteiger partial charge in [-0.15, -0.1) is 0 Å². The number of nitrogens with two attached hydrogens (primary N) is 1. The van der Waals surface area contributed by atoms with Gasteiger partial charge in [-0.05, 0) is 17.5 Å². The molecular weight excluding hydrogens is 212 g/mol. The first-order chi connectivity index (χ1) is 8.15. The van der Waals surface area contributed by atoms with E-state index < -0.39 is 0 Å². The summed E-state index contributed by atoms with van der Waals surface area (Å²) in [6.45, 7) is 0. The molecular formula is C13H14N4. The summed E-state index contributed by atoms with van der Waals surface area (Å²) in [4.78, 5) is 0. The fourth-order valence-corrected chi connectivity index (χ4v) is 2.04. The van der Waals surface area contributed by atoms with Crippen molar-refractivity contribution in [1.82, 2.24) is 14.3 Å². The van der Waals surface area contributed by atoms with E-state index in [0.29, 0.717) is 5.82 Å². The molecule has 2 heterocycles. The molecule has 0 radical (unpaired) electrons. The number of aromatic nitrogens is 3. The molecule has 0 saturated carbocycles. The molecule has 3 rings (SSSR count). The summed E-state index contributed by atoms with van der Waals surface area (Å²) >= 11 is 0. The van der Waals surface area contributed by atoms with E-state index >= 15 is 0 Å². The zero-order valence-electron chi connectivity index (χ0n) is 9.88. The van der Waals surface area contributed by atoms with E-state index in [1.807, 2.05) is 20.2 Å². The molecule has 0 amide bonds. The topological polar surface area (TPSA) is 48.8 Å². The van der Waals surface area contributed by atoms with Gasteiger partial charge in [-0.2, -0.15) is 5.10 Å². The van der Waals surface area contributed by atoms with Crippen molar-refractivity contribution in [2.75, 3.05) is 5.73 Å². The summed E-state index contributed by atoms with van der Waals surface area (Å²) in [6, 6.07) is 10.3. The van der Waals surface area contributed by atoms with Gasteiger partial charge in [0.15, 0.2) is 0 Å². The fourth-order valence-electron chi connectivity index (χ4n) is 2.04. The standard InChI is InChI=1S/C13H14N4/c1-16-6-5-9-3-4-10(7-12(9)16)11-8-13(14)17(2)15-11/h3-8H,14H2,1-2H3.